The monoisotopic (exact) mass is 397 g/mol. The number of hydrogen-bond acceptors (Lipinski definition) is 4. The van der Waals surface area contributed by atoms with E-state index < -0.39 is 5.24 Å². The number of aromatic nitrogens is 1. The standard InChI is InChI=1S/C21H13Cl2NO3/c22-15-5-7-16(8-6-15)26-17-9-10-19-18(12-17)24-21(27-19)14-3-1-13(2-4-14)11-20(23)25/h1-10,12H,11H2. The second-order valence-electron chi connectivity index (χ2n) is 5.93. The van der Waals surface area contributed by atoms with Crippen LogP contribution in [0.25, 0.3) is 22.6 Å². The molecule has 0 spiro atoms. The molecule has 0 saturated carbocycles. The van der Waals surface area contributed by atoms with Gasteiger partial charge in [-0.25, -0.2) is 4.98 Å². The molecule has 0 aliphatic heterocycles. The van der Waals surface area contributed by atoms with Crippen LogP contribution >= 0.6 is 23.2 Å². The van der Waals surface area contributed by atoms with Gasteiger partial charge < -0.3 is 9.15 Å². The van der Waals surface area contributed by atoms with E-state index in [-0.39, 0.29) is 6.42 Å². The van der Waals surface area contributed by atoms with Crippen LogP contribution in [0.1, 0.15) is 5.56 Å². The van der Waals surface area contributed by atoms with Gasteiger partial charge in [0.15, 0.2) is 5.58 Å². The summed E-state index contributed by atoms with van der Waals surface area (Å²) in [5.41, 5.74) is 3.01. The van der Waals surface area contributed by atoms with Gasteiger partial charge in [0.05, 0.1) is 0 Å². The van der Waals surface area contributed by atoms with Crippen molar-refractivity contribution in [2.24, 2.45) is 0 Å². The quantitative estimate of drug-likeness (QED) is 0.373. The fraction of sp³-hybridized carbons (Fsp3) is 0.0476. The Hall–Kier alpha value is -2.82. The fourth-order valence-corrected chi connectivity index (χ4v) is 2.94. The first-order chi connectivity index (χ1) is 13.1. The second kappa shape index (κ2) is 7.43. The Morgan fingerprint density at radius 1 is 0.963 bits per heavy atom. The molecule has 0 aliphatic carbocycles. The summed E-state index contributed by atoms with van der Waals surface area (Å²) in [5, 5.41) is 0.262. The third-order valence-electron chi connectivity index (χ3n) is 3.95. The minimum absolute atomic E-state index is 0.195. The van der Waals surface area contributed by atoms with Crippen LogP contribution in [0.15, 0.2) is 71.1 Å². The maximum absolute atomic E-state index is 11.0. The lowest BCUT2D eigenvalue weighted by Crippen LogP contribution is -1.92. The number of halogens is 2. The average Bonchev–Trinajstić information content (AvgIpc) is 3.07. The molecule has 0 atom stereocenters. The highest BCUT2D eigenvalue weighted by molar-refractivity contribution is 6.63. The van der Waals surface area contributed by atoms with Crippen LogP contribution in [0.4, 0.5) is 0 Å². The summed E-state index contributed by atoms with van der Waals surface area (Å²) in [4.78, 5) is 15.5. The van der Waals surface area contributed by atoms with Crippen molar-refractivity contribution in [2.75, 3.05) is 0 Å². The molecule has 4 nitrogen and oxygen atoms in total. The molecule has 0 amide bonds. The van der Waals surface area contributed by atoms with E-state index in [1.54, 1.807) is 24.3 Å². The van der Waals surface area contributed by atoms with Gasteiger partial charge in [0, 0.05) is 23.1 Å². The Balaban J connectivity index is 1.58. The zero-order chi connectivity index (χ0) is 18.8. The van der Waals surface area contributed by atoms with E-state index in [0.717, 1.165) is 11.1 Å². The first-order valence-electron chi connectivity index (χ1n) is 8.18. The van der Waals surface area contributed by atoms with Gasteiger partial charge in [-0.1, -0.05) is 23.7 Å². The van der Waals surface area contributed by atoms with Gasteiger partial charge in [-0.05, 0) is 65.7 Å². The molecule has 0 bridgehead atoms. The largest absolute Gasteiger partial charge is 0.457 e. The lowest BCUT2D eigenvalue weighted by molar-refractivity contribution is -0.111. The highest BCUT2D eigenvalue weighted by Crippen LogP contribution is 2.29. The van der Waals surface area contributed by atoms with Crippen molar-refractivity contribution in [3.05, 3.63) is 77.3 Å². The molecular formula is C21H13Cl2NO3. The number of carbonyl (C=O) groups excluding carboxylic acids is 1. The van der Waals surface area contributed by atoms with Crippen LogP contribution in [0.2, 0.25) is 5.02 Å². The smallest absolute Gasteiger partial charge is 0.227 e. The Morgan fingerprint density at radius 3 is 2.37 bits per heavy atom. The zero-order valence-corrected chi connectivity index (χ0v) is 15.5. The summed E-state index contributed by atoms with van der Waals surface area (Å²) in [7, 11) is 0. The molecule has 4 aromatic rings. The Morgan fingerprint density at radius 2 is 1.67 bits per heavy atom. The highest BCUT2D eigenvalue weighted by Gasteiger charge is 2.10. The van der Waals surface area contributed by atoms with E-state index in [9.17, 15) is 4.79 Å². The Labute approximate surface area is 165 Å². The van der Waals surface area contributed by atoms with E-state index in [0.29, 0.717) is 33.5 Å². The lowest BCUT2D eigenvalue weighted by Gasteiger charge is -2.04. The molecular weight excluding hydrogens is 385 g/mol. The van der Waals surface area contributed by atoms with Crippen LogP contribution in [0, 0.1) is 0 Å². The number of fused-ring (bicyclic) bond motifs is 1. The molecule has 3 aromatic carbocycles. The molecule has 6 heteroatoms. The number of nitrogens with zero attached hydrogens (tertiary/aromatic N) is 1. The van der Waals surface area contributed by atoms with Crippen molar-refractivity contribution in [3.8, 4) is 23.0 Å². The summed E-state index contributed by atoms with van der Waals surface area (Å²) in [5.74, 6) is 1.84. The minimum Gasteiger partial charge on any atom is -0.457 e. The van der Waals surface area contributed by atoms with Crippen molar-refractivity contribution in [1.29, 1.82) is 0 Å². The molecule has 0 N–H and O–H groups in total. The average molecular weight is 398 g/mol. The van der Waals surface area contributed by atoms with Crippen molar-refractivity contribution < 1.29 is 13.9 Å². The number of carbonyl (C=O) groups is 1. The topological polar surface area (TPSA) is 52.3 Å². The SMILES string of the molecule is O=C(Cl)Cc1ccc(-c2nc3cc(Oc4ccc(Cl)cc4)ccc3o2)cc1. The van der Waals surface area contributed by atoms with Gasteiger partial charge in [0.25, 0.3) is 0 Å². The predicted octanol–water partition coefficient (Wildman–Crippen LogP) is 6.25. The van der Waals surface area contributed by atoms with Gasteiger partial charge in [0.1, 0.15) is 17.0 Å². The van der Waals surface area contributed by atoms with E-state index in [1.807, 2.05) is 42.5 Å². The number of benzene rings is 3. The highest BCUT2D eigenvalue weighted by atomic mass is 35.5. The molecule has 1 heterocycles. The molecule has 0 saturated heterocycles. The first kappa shape index (κ1) is 17.6. The number of oxazole rings is 1. The van der Waals surface area contributed by atoms with Crippen molar-refractivity contribution in [2.45, 2.75) is 6.42 Å². The van der Waals surface area contributed by atoms with Gasteiger partial charge in [0.2, 0.25) is 11.1 Å². The summed E-state index contributed by atoms with van der Waals surface area (Å²) >= 11 is 11.3. The second-order valence-corrected chi connectivity index (χ2v) is 6.79. The summed E-state index contributed by atoms with van der Waals surface area (Å²) in [6.07, 6.45) is 0.195. The van der Waals surface area contributed by atoms with E-state index in [4.69, 9.17) is 32.4 Å². The van der Waals surface area contributed by atoms with E-state index in [1.165, 1.54) is 0 Å². The third kappa shape index (κ3) is 4.13. The van der Waals surface area contributed by atoms with Crippen molar-refractivity contribution in [1.82, 2.24) is 4.98 Å². The van der Waals surface area contributed by atoms with Crippen LogP contribution in [0.3, 0.4) is 0 Å². The van der Waals surface area contributed by atoms with Gasteiger partial charge in [-0.3, -0.25) is 4.79 Å². The third-order valence-corrected chi connectivity index (χ3v) is 4.34. The maximum Gasteiger partial charge on any atom is 0.227 e. The molecule has 0 fully saturated rings. The van der Waals surface area contributed by atoms with Gasteiger partial charge in [-0.15, -0.1) is 0 Å². The molecule has 4 rings (SSSR count). The van der Waals surface area contributed by atoms with Crippen LogP contribution in [0.5, 0.6) is 11.5 Å². The van der Waals surface area contributed by atoms with Crippen molar-refractivity contribution in [3.63, 3.8) is 0 Å². The van der Waals surface area contributed by atoms with Gasteiger partial charge in [-0.2, -0.15) is 0 Å². The molecule has 1 aromatic heterocycles. The molecule has 0 radical (unpaired) electrons. The van der Waals surface area contributed by atoms with Crippen LogP contribution < -0.4 is 4.74 Å². The summed E-state index contributed by atoms with van der Waals surface area (Å²) in [6.45, 7) is 0. The first-order valence-corrected chi connectivity index (χ1v) is 8.94. The van der Waals surface area contributed by atoms with E-state index in [2.05, 4.69) is 4.98 Å². The molecule has 0 aliphatic rings. The summed E-state index contributed by atoms with van der Waals surface area (Å²) < 4.78 is 11.6. The van der Waals surface area contributed by atoms with E-state index >= 15 is 0 Å². The number of hydrogen-bond donors (Lipinski definition) is 0. The van der Waals surface area contributed by atoms with Crippen molar-refractivity contribution >= 4 is 39.5 Å². The molecule has 134 valence electrons. The predicted molar refractivity (Wildman–Crippen MR) is 106 cm³/mol. The van der Waals surface area contributed by atoms with Crippen LogP contribution in [-0.4, -0.2) is 10.2 Å². The Bertz CT molecular complexity index is 1100. The number of rotatable bonds is 5. The van der Waals surface area contributed by atoms with Crippen LogP contribution in [-0.2, 0) is 11.2 Å². The molecule has 0 unspecified atom stereocenters. The minimum atomic E-state index is -0.391. The Kier molecular flexibility index (Phi) is 4.84. The normalized spacial score (nSPS) is 10.9. The summed E-state index contributed by atoms with van der Waals surface area (Å²) in [6, 6.07) is 20.0. The van der Waals surface area contributed by atoms with Gasteiger partial charge >= 0.3 is 0 Å². The lowest BCUT2D eigenvalue weighted by atomic mass is 10.1. The number of ether oxygens (including phenoxy) is 1. The fourth-order valence-electron chi connectivity index (χ4n) is 2.66. The zero-order valence-electron chi connectivity index (χ0n) is 14.0. The maximum atomic E-state index is 11.0. The molecule has 27 heavy (non-hydrogen) atoms.